The lowest BCUT2D eigenvalue weighted by Gasteiger charge is -2.13. The minimum Gasteiger partial charge on any atom is -0.438 e. The molecule has 0 aliphatic heterocycles. The number of nitrogens with zero attached hydrogens (tertiary/aromatic N) is 3. The summed E-state index contributed by atoms with van der Waals surface area (Å²) in [5.74, 6) is 0.729. The summed E-state index contributed by atoms with van der Waals surface area (Å²) in [6.07, 6.45) is 3.19. The summed E-state index contributed by atoms with van der Waals surface area (Å²) >= 11 is 7.30. The molecule has 0 saturated carbocycles. The molecule has 9 heteroatoms. The summed E-state index contributed by atoms with van der Waals surface area (Å²) in [6.45, 7) is 1.89. The second-order valence-electron chi connectivity index (χ2n) is 6.70. The summed E-state index contributed by atoms with van der Waals surface area (Å²) in [5.41, 5.74) is 8.25. The molecule has 0 unspecified atom stereocenters. The van der Waals surface area contributed by atoms with Gasteiger partial charge in [0, 0.05) is 22.9 Å². The third-order valence-corrected chi connectivity index (χ3v) is 5.77. The van der Waals surface area contributed by atoms with Crippen LogP contribution in [0, 0.1) is 6.92 Å². The molecule has 2 aromatic carbocycles. The summed E-state index contributed by atoms with van der Waals surface area (Å²) in [4.78, 5) is 26.0. The number of carbonyl (C=O) groups excluding carboxylic acids is 1. The maximum Gasteiger partial charge on any atom is 0.261 e. The van der Waals surface area contributed by atoms with Crippen LogP contribution < -0.4 is 15.2 Å². The molecular formula is C23H18ClN5O2S. The molecule has 0 radical (unpaired) electrons. The highest BCUT2D eigenvalue weighted by molar-refractivity contribution is 7.98. The molecule has 0 aliphatic rings. The third kappa shape index (κ3) is 4.99. The molecule has 2 heterocycles. The average molecular weight is 464 g/mol. The number of ether oxygens (including phenoxy) is 1. The maximum absolute atomic E-state index is 12.7. The monoisotopic (exact) mass is 463 g/mol. The van der Waals surface area contributed by atoms with Crippen molar-refractivity contribution in [3.8, 4) is 22.9 Å². The van der Waals surface area contributed by atoms with Crippen molar-refractivity contribution in [2.75, 3.05) is 5.73 Å². The molecule has 0 bridgehead atoms. The van der Waals surface area contributed by atoms with Gasteiger partial charge < -0.3 is 10.5 Å². The molecule has 4 rings (SSSR count). The molecule has 0 aliphatic carbocycles. The van der Waals surface area contributed by atoms with Crippen LogP contribution in [0.15, 0.2) is 78.0 Å². The number of amides is 1. The molecule has 0 spiro atoms. The second kappa shape index (κ2) is 9.67. The number of carbonyl (C=O) groups is 1. The fourth-order valence-electron chi connectivity index (χ4n) is 2.83. The summed E-state index contributed by atoms with van der Waals surface area (Å²) < 4.78 is 8.89. The zero-order chi connectivity index (χ0) is 22.5. The molecule has 1 amide bonds. The number of rotatable bonds is 6. The first-order valence-corrected chi connectivity index (χ1v) is 10.7. The van der Waals surface area contributed by atoms with Gasteiger partial charge in [-0.05, 0) is 66.9 Å². The molecule has 3 N–H and O–H groups in total. The number of nitrogens with one attached hydrogen (secondary N) is 1. The first-order chi connectivity index (χ1) is 15.5. The van der Waals surface area contributed by atoms with Crippen molar-refractivity contribution in [2.45, 2.75) is 11.8 Å². The number of hydrogen-bond donors (Lipinski definition) is 2. The Labute approximate surface area is 194 Å². The number of nitrogen functional groups attached to an aromatic ring is 1. The molecule has 160 valence electrons. The summed E-state index contributed by atoms with van der Waals surface area (Å²) in [7, 11) is 0. The standard InChI is InChI=1S/C23H18ClN5O2S/c1-14-8-9-15(21(30)29-32-20-7-3-2-6-17(20)24)13-19(14)31-22-16(5-4-11-26-22)18-10-12-27-23(25)28-18/h2-13H,1H3,(H,29,30)(H2,25,27,28). The zero-order valence-corrected chi connectivity index (χ0v) is 18.5. The SMILES string of the molecule is Cc1ccc(C(=O)NSc2ccccc2Cl)cc1Oc1ncccc1-c1ccnc(N)n1. The molecule has 0 atom stereocenters. The Bertz CT molecular complexity index is 1280. The van der Waals surface area contributed by atoms with E-state index in [1.54, 1.807) is 42.7 Å². The fourth-order valence-corrected chi connectivity index (χ4v) is 3.72. The van der Waals surface area contributed by atoms with E-state index in [4.69, 9.17) is 22.1 Å². The van der Waals surface area contributed by atoms with E-state index in [-0.39, 0.29) is 11.9 Å². The van der Waals surface area contributed by atoms with Crippen LogP contribution in [0.4, 0.5) is 5.95 Å². The van der Waals surface area contributed by atoms with E-state index in [2.05, 4.69) is 19.7 Å². The molecule has 2 aromatic heterocycles. The number of pyridine rings is 1. The second-order valence-corrected chi connectivity index (χ2v) is 7.96. The van der Waals surface area contributed by atoms with Gasteiger partial charge in [0.05, 0.1) is 16.3 Å². The van der Waals surface area contributed by atoms with E-state index in [1.807, 2.05) is 37.3 Å². The Morgan fingerprint density at radius 2 is 1.91 bits per heavy atom. The quantitative estimate of drug-likeness (QED) is 0.373. The summed E-state index contributed by atoms with van der Waals surface area (Å²) in [5, 5.41) is 0.568. The highest BCUT2D eigenvalue weighted by Gasteiger charge is 2.14. The van der Waals surface area contributed by atoms with Crippen LogP contribution in [0.2, 0.25) is 5.02 Å². The lowest BCUT2D eigenvalue weighted by molar-refractivity contribution is 0.0984. The van der Waals surface area contributed by atoms with Crippen molar-refractivity contribution < 1.29 is 9.53 Å². The van der Waals surface area contributed by atoms with Gasteiger partial charge in [0.15, 0.2) is 0 Å². The van der Waals surface area contributed by atoms with Crippen molar-refractivity contribution in [3.05, 3.63) is 89.2 Å². The zero-order valence-electron chi connectivity index (χ0n) is 16.9. The van der Waals surface area contributed by atoms with Gasteiger partial charge in [0.25, 0.3) is 5.91 Å². The number of hydrogen-bond acceptors (Lipinski definition) is 7. The van der Waals surface area contributed by atoms with Crippen LogP contribution >= 0.6 is 23.5 Å². The Kier molecular flexibility index (Phi) is 6.53. The van der Waals surface area contributed by atoms with Crippen LogP contribution in [-0.4, -0.2) is 20.9 Å². The van der Waals surface area contributed by atoms with E-state index < -0.39 is 0 Å². The highest BCUT2D eigenvalue weighted by atomic mass is 35.5. The van der Waals surface area contributed by atoms with E-state index in [1.165, 1.54) is 0 Å². The van der Waals surface area contributed by atoms with E-state index in [0.29, 0.717) is 33.5 Å². The van der Waals surface area contributed by atoms with E-state index in [9.17, 15) is 4.79 Å². The van der Waals surface area contributed by atoms with Gasteiger partial charge >= 0.3 is 0 Å². The van der Waals surface area contributed by atoms with Gasteiger partial charge in [0.2, 0.25) is 11.8 Å². The lowest BCUT2D eigenvalue weighted by atomic mass is 10.1. The first kappa shape index (κ1) is 21.6. The van der Waals surface area contributed by atoms with Crippen molar-refractivity contribution in [2.24, 2.45) is 0 Å². The van der Waals surface area contributed by atoms with Crippen molar-refractivity contribution >= 4 is 35.4 Å². The van der Waals surface area contributed by atoms with Crippen molar-refractivity contribution in [3.63, 3.8) is 0 Å². The molecule has 0 fully saturated rings. The number of aryl methyl sites for hydroxylation is 1. The molecule has 0 saturated heterocycles. The molecule has 7 nitrogen and oxygen atoms in total. The molecule has 32 heavy (non-hydrogen) atoms. The van der Waals surface area contributed by atoms with Crippen LogP contribution in [0.5, 0.6) is 11.6 Å². The van der Waals surface area contributed by atoms with Gasteiger partial charge in [-0.25, -0.2) is 15.0 Å². The maximum atomic E-state index is 12.7. The topological polar surface area (TPSA) is 103 Å². The molecule has 4 aromatic rings. The highest BCUT2D eigenvalue weighted by Crippen LogP contribution is 2.32. The largest absolute Gasteiger partial charge is 0.438 e. The van der Waals surface area contributed by atoms with Crippen molar-refractivity contribution in [1.29, 1.82) is 0 Å². The Morgan fingerprint density at radius 1 is 1.06 bits per heavy atom. The number of anilines is 1. The summed E-state index contributed by atoms with van der Waals surface area (Å²) in [6, 6.07) is 17.8. The minimum absolute atomic E-state index is 0.156. The Balaban J connectivity index is 1.57. The first-order valence-electron chi connectivity index (χ1n) is 9.55. The van der Waals surface area contributed by atoms with E-state index >= 15 is 0 Å². The van der Waals surface area contributed by atoms with Gasteiger partial charge in [-0.15, -0.1) is 0 Å². The van der Waals surface area contributed by atoms with Crippen LogP contribution in [0.1, 0.15) is 15.9 Å². The van der Waals surface area contributed by atoms with Gasteiger partial charge in [-0.1, -0.05) is 29.8 Å². The Hall–Kier alpha value is -3.62. The normalized spacial score (nSPS) is 10.6. The smallest absolute Gasteiger partial charge is 0.261 e. The van der Waals surface area contributed by atoms with Crippen molar-refractivity contribution in [1.82, 2.24) is 19.7 Å². The fraction of sp³-hybridized carbons (Fsp3) is 0.0435. The number of nitrogens with two attached hydrogens (primary N) is 1. The van der Waals surface area contributed by atoms with Crippen LogP contribution in [-0.2, 0) is 0 Å². The van der Waals surface area contributed by atoms with Gasteiger partial charge in [0.1, 0.15) is 5.75 Å². The number of aromatic nitrogens is 3. The Morgan fingerprint density at radius 3 is 2.72 bits per heavy atom. The van der Waals surface area contributed by atoms with E-state index in [0.717, 1.165) is 22.4 Å². The average Bonchev–Trinajstić information content (AvgIpc) is 2.80. The van der Waals surface area contributed by atoms with Crippen LogP contribution in [0.25, 0.3) is 11.3 Å². The number of benzene rings is 2. The molecular weight excluding hydrogens is 446 g/mol. The lowest BCUT2D eigenvalue weighted by Crippen LogP contribution is -2.15. The third-order valence-electron chi connectivity index (χ3n) is 4.47. The predicted octanol–water partition coefficient (Wildman–Crippen LogP) is 5.31. The van der Waals surface area contributed by atoms with Gasteiger partial charge in [-0.2, -0.15) is 0 Å². The van der Waals surface area contributed by atoms with Crippen LogP contribution in [0.3, 0.4) is 0 Å². The van der Waals surface area contributed by atoms with Gasteiger partial charge in [-0.3, -0.25) is 9.52 Å². The predicted molar refractivity (Wildman–Crippen MR) is 126 cm³/mol. The minimum atomic E-state index is -0.274. The number of halogens is 1.